The molecule has 3 aromatic carbocycles. The minimum absolute atomic E-state index is 0.0193. The van der Waals surface area contributed by atoms with E-state index in [0.717, 1.165) is 16.7 Å². The maximum Gasteiger partial charge on any atom is 0.294 e. The lowest BCUT2D eigenvalue weighted by Gasteiger charge is -2.27. The van der Waals surface area contributed by atoms with Gasteiger partial charge < -0.3 is 14.3 Å². The number of hydrogen-bond acceptors (Lipinski definition) is 5. The first kappa shape index (κ1) is 21.5. The summed E-state index contributed by atoms with van der Waals surface area (Å²) < 4.78 is 11.2. The Morgan fingerprint density at radius 1 is 0.971 bits per heavy atom. The number of anilines is 1. The minimum Gasteiger partial charge on any atom is -0.503 e. The molecule has 0 saturated carbocycles. The molecule has 1 aromatic heterocycles. The summed E-state index contributed by atoms with van der Waals surface area (Å²) in [5, 5.41) is 11.6. The zero-order valence-electron chi connectivity index (χ0n) is 19.0. The summed E-state index contributed by atoms with van der Waals surface area (Å²) in [5.74, 6) is -1.24. The zero-order valence-corrected chi connectivity index (χ0v) is 19.0. The number of aliphatic hydroxyl groups is 1. The first-order valence-electron chi connectivity index (χ1n) is 10.9. The Morgan fingerprint density at radius 2 is 1.71 bits per heavy atom. The second-order valence-electron chi connectivity index (χ2n) is 8.41. The molecule has 2 heterocycles. The van der Waals surface area contributed by atoms with Gasteiger partial charge in [-0.05, 0) is 43.7 Å². The van der Waals surface area contributed by atoms with Crippen LogP contribution >= 0.6 is 0 Å². The Balaban J connectivity index is 1.67. The van der Waals surface area contributed by atoms with Crippen molar-refractivity contribution in [3.63, 3.8) is 0 Å². The van der Waals surface area contributed by atoms with Crippen LogP contribution < -0.4 is 9.64 Å². The third-order valence-corrected chi connectivity index (χ3v) is 6.07. The lowest BCUT2D eigenvalue weighted by atomic mass is 9.93. The zero-order chi connectivity index (χ0) is 24.0. The number of aliphatic hydroxyl groups excluding tert-OH is 1. The number of ether oxygens (including phenoxy) is 1. The fraction of sp³-hybridized carbons (Fsp3) is 0.143. The monoisotopic (exact) mass is 453 g/mol. The maximum atomic E-state index is 13.7. The van der Waals surface area contributed by atoms with Gasteiger partial charge in [0.15, 0.2) is 22.9 Å². The van der Waals surface area contributed by atoms with Gasteiger partial charge in [-0.3, -0.25) is 14.5 Å². The highest BCUT2D eigenvalue weighted by molar-refractivity contribution is 6.20. The van der Waals surface area contributed by atoms with E-state index < -0.39 is 23.5 Å². The van der Waals surface area contributed by atoms with E-state index in [2.05, 4.69) is 0 Å². The van der Waals surface area contributed by atoms with E-state index in [9.17, 15) is 14.7 Å². The fourth-order valence-corrected chi connectivity index (χ4v) is 4.41. The number of benzene rings is 3. The van der Waals surface area contributed by atoms with E-state index in [4.69, 9.17) is 9.15 Å². The van der Waals surface area contributed by atoms with Crippen LogP contribution in [0.5, 0.6) is 5.75 Å². The van der Waals surface area contributed by atoms with Gasteiger partial charge >= 0.3 is 0 Å². The van der Waals surface area contributed by atoms with Gasteiger partial charge in [0.2, 0.25) is 5.78 Å². The SMILES string of the molecule is COc1cccc2cc(C(=O)C3=C(O)C(=O)N(c4ccc(C)cc4)C3c3cccc(C)c3)oc12. The van der Waals surface area contributed by atoms with Gasteiger partial charge in [-0.15, -0.1) is 0 Å². The maximum absolute atomic E-state index is 13.7. The lowest BCUT2D eigenvalue weighted by Crippen LogP contribution is -2.31. The number of Topliss-reactive ketones (excluding diaryl/α,β-unsaturated/α-hetero) is 1. The summed E-state index contributed by atoms with van der Waals surface area (Å²) in [5.41, 5.74) is 3.72. The number of rotatable bonds is 5. The van der Waals surface area contributed by atoms with E-state index in [0.29, 0.717) is 22.4 Å². The number of fused-ring (bicyclic) bond motifs is 1. The molecule has 1 amide bonds. The van der Waals surface area contributed by atoms with Gasteiger partial charge in [-0.25, -0.2) is 0 Å². The third-order valence-electron chi connectivity index (χ3n) is 6.07. The van der Waals surface area contributed by atoms with Crippen LogP contribution in [0.25, 0.3) is 11.0 Å². The number of nitrogens with zero attached hydrogens (tertiary/aromatic N) is 1. The number of furan rings is 1. The fourth-order valence-electron chi connectivity index (χ4n) is 4.41. The molecule has 1 N–H and O–H groups in total. The van der Waals surface area contributed by atoms with Crippen molar-refractivity contribution >= 4 is 28.3 Å². The Morgan fingerprint density at radius 3 is 2.41 bits per heavy atom. The van der Waals surface area contributed by atoms with E-state index in [1.54, 1.807) is 18.2 Å². The topological polar surface area (TPSA) is 80.0 Å². The highest BCUT2D eigenvalue weighted by Gasteiger charge is 2.45. The number of methoxy groups -OCH3 is 1. The molecule has 6 nitrogen and oxygen atoms in total. The molecule has 0 bridgehead atoms. The second-order valence-corrected chi connectivity index (χ2v) is 8.41. The molecule has 1 aliphatic rings. The van der Waals surface area contributed by atoms with Gasteiger partial charge in [-0.2, -0.15) is 0 Å². The van der Waals surface area contributed by atoms with Gasteiger partial charge in [0.05, 0.1) is 18.7 Å². The van der Waals surface area contributed by atoms with Crippen LogP contribution in [0.2, 0.25) is 0 Å². The Kier molecular flexibility index (Phi) is 5.21. The molecular weight excluding hydrogens is 430 g/mol. The summed E-state index contributed by atoms with van der Waals surface area (Å²) in [6.07, 6.45) is 0. The number of carbonyl (C=O) groups is 2. The predicted molar refractivity (Wildman–Crippen MR) is 129 cm³/mol. The minimum atomic E-state index is -0.808. The lowest BCUT2D eigenvalue weighted by molar-refractivity contribution is -0.117. The third kappa shape index (κ3) is 3.44. The van der Waals surface area contributed by atoms with Crippen molar-refractivity contribution < 1.29 is 23.8 Å². The molecule has 4 aromatic rings. The van der Waals surface area contributed by atoms with Crippen molar-refractivity contribution in [2.75, 3.05) is 12.0 Å². The summed E-state index contributed by atoms with van der Waals surface area (Å²) in [6, 6.07) is 21.1. The number of para-hydroxylation sites is 1. The van der Waals surface area contributed by atoms with E-state index in [1.165, 1.54) is 12.0 Å². The van der Waals surface area contributed by atoms with E-state index in [-0.39, 0.29) is 11.3 Å². The summed E-state index contributed by atoms with van der Waals surface area (Å²) in [6.45, 7) is 3.89. The summed E-state index contributed by atoms with van der Waals surface area (Å²) in [7, 11) is 1.52. The van der Waals surface area contributed by atoms with Gasteiger partial charge in [0.1, 0.15) is 0 Å². The van der Waals surface area contributed by atoms with Crippen molar-refractivity contribution in [3.05, 3.63) is 107 Å². The Bertz CT molecular complexity index is 1460. The largest absolute Gasteiger partial charge is 0.503 e. The molecule has 0 aliphatic carbocycles. The molecule has 1 atom stereocenters. The quantitative estimate of drug-likeness (QED) is 0.384. The summed E-state index contributed by atoms with van der Waals surface area (Å²) in [4.78, 5) is 28.5. The second kappa shape index (κ2) is 8.23. The van der Waals surface area contributed by atoms with Crippen molar-refractivity contribution in [2.45, 2.75) is 19.9 Å². The van der Waals surface area contributed by atoms with E-state index >= 15 is 0 Å². The van der Waals surface area contributed by atoms with Crippen molar-refractivity contribution in [3.8, 4) is 5.75 Å². The molecule has 170 valence electrons. The normalized spacial score (nSPS) is 15.9. The molecule has 1 unspecified atom stereocenters. The van der Waals surface area contributed by atoms with Crippen LogP contribution in [0.3, 0.4) is 0 Å². The first-order valence-corrected chi connectivity index (χ1v) is 10.9. The molecular formula is C28H23NO5. The first-order chi connectivity index (χ1) is 16.4. The summed E-state index contributed by atoms with van der Waals surface area (Å²) >= 11 is 0. The van der Waals surface area contributed by atoms with Gasteiger partial charge in [-0.1, -0.05) is 59.7 Å². The molecule has 6 heteroatoms. The van der Waals surface area contributed by atoms with Crippen LogP contribution in [-0.4, -0.2) is 23.9 Å². The average Bonchev–Trinajstić information content (AvgIpc) is 3.39. The Hall–Kier alpha value is -4.32. The van der Waals surface area contributed by atoms with Crippen LogP contribution in [0.15, 0.2) is 88.5 Å². The van der Waals surface area contributed by atoms with Gasteiger partial charge in [0.25, 0.3) is 5.91 Å². The average molecular weight is 453 g/mol. The number of carbonyl (C=O) groups excluding carboxylic acids is 2. The number of aryl methyl sites for hydroxylation is 2. The smallest absolute Gasteiger partial charge is 0.294 e. The molecule has 0 spiro atoms. The van der Waals surface area contributed by atoms with Gasteiger partial charge in [0, 0.05) is 11.1 Å². The van der Waals surface area contributed by atoms with Crippen LogP contribution in [0.4, 0.5) is 5.69 Å². The highest BCUT2D eigenvalue weighted by atomic mass is 16.5. The van der Waals surface area contributed by atoms with Crippen LogP contribution in [0.1, 0.15) is 33.3 Å². The number of ketones is 1. The number of amides is 1. The Labute approximate surface area is 196 Å². The molecule has 1 aliphatic heterocycles. The molecule has 5 rings (SSSR count). The molecule has 0 fully saturated rings. The highest BCUT2D eigenvalue weighted by Crippen LogP contribution is 2.43. The molecule has 0 radical (unpaired) electrons. The van der Waals surface area contributed by atoms with Crippen LogP contribution in [-0.2, 0) is 4.79 Å². The predicted octanol–water partition coefficient (Wildman–Crippen LogP) is 5.84. The van der Waals surface area contributed by atoms with Crippen LogP contribution in [0, 0.1) is 13.8 Å². The van der Waals surface area contributed by atoms with Crippen molar-refractivity contribution in [1.29, 1.82) is 0 Å². The molecule has 0 saturated heterocycles. The molecule has 34 heavy (non-hydrogen) atoms. The van der Waals surface area contributed by atoms with Crippen molar-refractivity contribution in [2.24, 2.45) is 0 Å². The number of hydrogen-bond donors (Lipinski definition) is 1. The standard InChI is InChI=1S/C28H23NO5/c1-16-10-12-20(13-11-16)29-24(18-7-4-6-17(2)14-18)23(26(31)28(29)32)25(30)22-15-19-8-5-9-21(33-3)27(19)34-22/h4-15,24,31H,1-3H3. The van der Waals surface area contributed by atoms with E-state index in [1.807, 2.05) is 68.4 Å². The van der Waals surface area contributed by atoms with Crippen molar-refractivity contribution in [1.82, 2.24) is 0 Å².